The molecule has 0 bridgehead atoms. The Labute approximate surface area is 109 Å². The molecule has 1 N–H and O–H groups in total. The van der Waals surface area contributed by atoms with Gasteiger partial charge in [0.25, 0.3) is 0 Å². The van der Waals surface area contributed by atoms with Gasteiger partial charge in [-0.25, -0.2) is 0 Å². The van der Waals surface area contributed by atoms with Gasteiger partial charge in [0.2, 0.25) is 0 Å². The molecule has 0 heterocycles. The maximum absolute atomic E-state index is 11.0. The van der Waals surface area contributed by atoms with Crippen molar-refractivity contribution >= 4 is 18.4 Å². The van der Waals surface area contributed by atoms with E-state index in [-0.39, 0.29) is 18.4 Å². The van der Waals surface area contributed by atoms with Crippen molar-refractivity contribution in [3.8, 4) is 0 Å². The number of ether oxygens (including phenoxy) is 1. The first-order valence-electron chi connectivity index (χ1n) is 5.54. The lowest BCUT2D eigenvalue weighted by Gasteiger charge is -2.15. The van der Waals surface area contributed by atoms with Crippen molar-refractivity contribution in [1.29, 1.82) is 0 Å². The van der Waals surface area contributed by atoms with Gasteiger partial charge in [-0.15, -0.1) is 12.4 Å². The maximum Gasteiger partial charge on any atom is 0.305 e. The Morgan fingerprint density at radius 3 is 2.53 bits per heavy atom. The molecule has 0 amide bonds. The van der Waals surface area contributed by atoms with Crippen LogP contribution in [-0.4, -0.2) is 26.2 Å². The van der Waals surface area contributed by atoms with Crippen LogP contribution in [0.3, 0.4) is 0 Å². The van der Waals surface area contributed by atoms with Crippen LogP contribution in [0.25, 0.3) is 0 Å². The molecule has 0 aromatic heterocycles. The lowest BCUT2D eigenvalue weighted by Crippen LogP contribution is -2.28. The van der Waals surface area contributed by atoms with E-state index >= 15 is 0 Å². The Bertz CT molecular complexity index is 316. The third kappa shape index (κ3) is 6.29. The van der Waals surface area contributed by atoms with E-state index in [2.05, 4.69) is 22.2 Å². The molecule has 1 rings (SSSR count). The van der Waals surface area contributed by atoms with Crippen molar-refractivity contribution in [1.82, 2.24) is 5.32 Å². The zero-order valence-corrected chi connectivity index (χ0v) is 11.1. The Hall–Kier alpha value is -1.06. The Balaban J connectivity index is 0.00000256. The fourth-order valence-corrected chi connectivity index (χ4v) is 1.64. The van der Waals surface area contributed by atoms with Crippen LogP contribution in [0, 0.1) is 0 Å². The molecule has 0 saturated heterocycles. The maximum atomic E-state index is 11.0. The highest BCUT2D eigenvalue weighted by Crippen LogP contribution is 2.07. The molecular weight excluding hydrogens is 238 g/mol. The van der Waals surface area contributed by atoms with E-state index in [4.69, 9.17) is 0 Å². The van der Waals surface area contributed by atoms with Gasteiger partial charge in [-0.2, -0.15) is 0 Å². The summed E-state index contributed by atoms with van der Waals surface area (Å²) in [7, 11) is 3.35. The minimum Gasteiger partial charge on any atom is -0.469 e. The fourth-order valence-electron chi connectivity index (χ4n) is 1.64. The van der Waals surface area contributed by atoms with Crippen molar-refractivity contribution in [2.75, 3.05) is 14.2 Å². The van der Waals surface area contributed by atoms with Gasteiger partial charge in [0, 0.05) is 12.5 Å². The number of halogens is 1. The Kier molecular flexibility index (Phi) is 8.46. The predicted octanol–water partition coefficient (Wildman–Crippen LogP) is 2.19. The summed E-state index contributed by atoms with van der Waals surface area (Å²) in [4.78, 5) is 11.0. The minimum atomic E-state index is -0.145. The molecule has 4 heteroatoms. The number of rotatable bonds is 6. The number of benzene rings is 1. The van der Waals surface area contributed by atoms with Gasteiger partial charge >= 0.3 is 5.97 Å². The van der Waals surface area contributed by atoms with E-state index in [9.17, 15) is 4.79 Å². The van der Waals surface area contributed by atoms with E-state index in [0.29, 0.717) is 12.5 Å². The molecular formula is C13H20ClNO2. The van der Waals surface area contributed by atoms with E-state index in [1.54, 1.807) is 0 Å². The Morgan fingerprint density at radius 1 is 1.35 bits per heavy atom. The van der Waals surface area contributed by atoms with Gasteiger partial charge in [0.15, 0.2) is 0 Å². The molecule has 0 fully saturated rings. The first-order chi connectivity index (χ1) is 7.76. The van der Waals surface area contributed by atoms with Crippen LogP contribution in [0.4, 0.5) is 0 Å². The lowest BCUT2D eigenvalue weighted by atomic mass is 10.0. The molecule has 0 spiro atoms. The third-order valence-electron chi connectivity index (χ3n) is 2.66. The van der Waals surface area contributed by atoms with Gasteiger partial charge in [-0.05, 0) is 25.5 Å². The Morgan fingerprint density at radius 2 is 2.00 bits per heavy atom. The second-order valence-electron chi connectivity index (χ2n) is 3.79. The second kappa shape index (κ2) is 9.02. The smallest absolute Gasteiger partial charge is 0.305 e. The number of hydrogen-bond acceptors (Lipinski definition) is 3. The first kappa shape index (κ1) is 15.9. The normalized spacial score (nSPS) is 11.4. The van der Waals surface area contributed by atoms with Gasteiger partial charge in [0.05, 0.1) is 7.11 Å². The highest BCUT2D eigenvalue weighted by molar-refractivity contribution is 5.85. The van der Waals surface area contributed by atoms with Crippen LogP contribution in [0.2, 0.25) is 0 Å². The lowest BCUT2D eigenvalue weighted by molar-refractivity contribution is -0.140. The molecule has 0 aliphatic carbocycles. The molecule has 96 valence electrons. The monoisotopic (exact) mass is 257 g/mol. The molecule has 0 aliphatic rings. The summed E-state index contributed by atoms with van der Waals surface area (Å²) in [6, 6.07) is 10.6. The van der Waals surface area contributed by atoms with Gasteiger partial charge in [0.1, 0.15) is 0 Å². The van der Waals surface area contributed by atoms with Gasteiger partial charge in [-0.1, -0.05) is 30.3 Å². The summed E-state index contributed by atoms with van der Waals surface area (Å²) in [5, 5.41) is 3.22. The summed E-state index contributed by atoms with van der Waals surface area (Å²) in [6.45, 7) is 0. The summed E-state index contributed by atoms with van der Waals surface area (Å²) in [5.41, 5.74) is 1.28. The van der Waals surface area contributed by atoms with Crippen molar-refractivity contribution in [3.63, 3.8) is 0 Å². The molecule has 1 aromatic carbocycles. The molecule has 3 nitrogen and oxygen atoms in total. The third-order valence-corrected chi connectivity index (χ3v) is 2.66. The second-order valence-corrected chi connectivity index (χ2v) is 3.79. The topological polar surface area (TPSA) is 38.3 Å². The average molecular weight is 258 g/mol. The standard InChI is InChI=1S/C13H19NO2.ClH/c1-14-12(8-9-13(15)16-2)10-11-6-4-3-5-7-11;/h3-7,12,14H,8-10H2,1-2H3;1H. The van der Waals surface area contributed by atoms with Crippen LogP contribution in [0.5, 0.6) is 0 Å². The SMILES string of the molecule is CNC(CCC(=O)OC)Cc1ccccc1.Cl. The number of esters is 1. The van der Waals surface area contributed by atoms with Gasteiger partial charge < -0.3 is 10.1 Å². The van der Waals surface area contributed by atoms with Crippen molar-refractivity contribution in [3.05, 3.63) is 35.9 Å². The van der Waals surface area contributed by atoms with Crippen LogP contribution < -0.4 is 5.32 Å². The summed E-state index contributed by atoms with van der Waals surface area (Å²) < 4.78 is 4.63. The van der Waals surface area contributed by atoms with Crippen LogP contribution in [0.15, 0.2) is 30.3 Å². The van der Waals surface area contributed by atoms with Crippen molar-refractivity contribution < 1.29 is 9.53 Å². The number of methoxy groups -OCH3 is 1. The summed E-state index contributed by atoms with van der Waals surface area (Å²) >= 11 is 0. The van der Waals surface area contributed by atoms with E-state index in [1.165, 1.54) is 12.7 Å². The molecule has 0 radical (unpaired) electrons. The average Bonchev–Trinajstić information content (AvgIpc) is 2.35. The number of likely N-dealkylation sites (N-methyl/N-ethyl adjacent to an activating group) is 1. The first-order valence-corrected chi connectivity index (χ1v) is 5.54. The number of hydrogen-bond donors (Lipinski definition) is 1. The predicted molar refractivity (Wildman–Crippen MR) is 71.5 cm³/mol. The molecule has 0 saturated carbocycles. The quantitative estimate of drug-likeness (QED) is 0.794. The molecule has 1 aromatic rings. The molecule has 1 atom stereocenters. The van der Waals surface area contributed by atoms with E-state index < -0.39 is 0 Å². The number of carbonyl (C=O) groups excluding carboxylic acids is 1. The van der Waals surface area contributed by atoms with E-state index in [0.717, 1.165) is 12.8 Å². The molecule has 0 aliphatic heterocycles. The minimum absolute atomic E-state index is 0. The highest BCUT2D eigenvalue weighted by Gasteiger charge is 2.09. The zero-order valence-electron chi connectivity index (χ0n) is 10.3. The summed E-state index contributed by atoms with van der Waals surface area (Å²) in [5.74, 6) is -0.145. The highest BCUT2D eigenvalue weighted by atomic mass is 35.5. The molecule has 17 heavy (non-hydrogen) atoms. The largest absolute Gasteiger partial charge is 0.469 e. The van der Waals surface area contributed by atoms with Crippen molar-refractivity contribution in [2.45, 2.75) is 25.3 Å². The fraction of sp³-hybridized carbons (Fsp3) is 0.462. The zero-order chi connectivity index (χ0) is 11.8. The van der Waals surface area contributed by atoms with Crippen molar-refractivity contribution in [2.24, 2.45) is 0 Å². The van der Waals surface area contributed by atoms with Crippen LogP contribution in [-0.2, 0) is 16.0 Å². The summed E-state index contributed by atoms with van der Waals surface area (Å²) in [6.07, 6.45) is 2.21. The number of nitrogens with one attached hydrogen (secondary N) is 1. The van der Waals surface area contributed by atoms with E-state index in [1.807, 2.05) is 25.2 Å². The number of carbonyl (C=O) groups is 1. The van der Waals surface area contributed by atoms with Crippen LogP contribution in [0.1, 0.15) is 18.4 Å². The molecule has 1 unspecified atom stereocenters. The van der Waals surface area contributed by atoms with Crippen LogP contribution >= 0.6 is 12.4 Å². The van der Waals surface area contributed by atoms with Gasteiger partial charge in [-0.3, -0.25) is 4.79 Å².